The number of rotatable bonds is 11. The number of carbonyl (C=O) groups is 1. The molecule has 0 aliphatic carbocycles. The fourth-order valence-corrected chi connectivity index (χ4v) is 3.65. The minimum absolute atomic E-state index is 0.179. The van der Waals surface area contributed by atoms with E-state index >= 15 is 0 Å². The number of thiazole rings is 1. The van der Waals surface area contributed by atoms with Crippen molar-refractivity contribution >= 4 is 17.2 Å². The normalized spacial score (nSPS) is 11.0. The molecule has 0 saturated carbocycles. The maximum absolute atomic E-state index is 12.6. The van der Waals surface area contributed by atoms with Gasteiger partial charge < -0.3 is 19.1 Å². The zero-order valence-corrected chi connectivity index (χ0v) is 19.0. The predicted molar refractivity (Wildman–Crippen MR) is 116 cm³/mol. The van der Waals surface area contributed by atoms with Crippen molar-refractivity contribution in [3.05, 3.63) is 34.3 Å². The number of aromatic nitrogens is 1. The molecule has 6 nitrogen and oxygen atoms in total. The molecular formula is C22H32N2O4S. The first-order valence-electron chi connectivity index (χ1n) is 9.88. The van der Waals surface area contributed by atoms with E-state index in [1.165, 1.54) is 11.3 Å². The molecule has 1 aromatic carbocycles. The quantitative estimate of drug-likeness (QED) is 0.524. The largest absolute Gasteiger partial charge is 0.493 e. The van der Waals surface area contributed by atoms with Crippen molar-refractivity contribution < 1.29 is 19.0 Å². The topological polar surface area (TPSA) is 60.9 Å². The third kappa shape index (κ3) is 6.92. The summed E-state index contributed by atoms with van der Waals surface area (Å²) in [6, 6.07) is 5.51. The number of methoxy groups -OCH3 is 2. The lowest BCUT2D eigenvalue weighted by atomic mass is 10.1. The van der Waals surface area contributed by atoms with Crippen LogP contribution < -0.4 is 14.2 Å². The molecular weight excluding hydrogens is 388 g/mol. The highest BCUT2D eigenvalue weighted by Gasteiger charge is 2.18. The summed E-state index contributed by atoms with van der Waals surface area (Å²) in [6.45, 7) is 9.94. The molecule has 0 atom stereocenters. The number of hydrogen-bond acceptors (Lipinski definition) is 6. The monoisotopic (exact) mass is 420 g/mol. The number of ether oxygens (including phenoxy) is 3. The van der Waals surface area contributed by atoms with Crippen molar-refractivity contribution in [1.82, 2.24) is 9.88 Å². The Morgan fingerprint density at radius 1 is 1.10 bits per heavy atom. The van der Waals surface area contributed by atoms with Crippen LogP contribution in [-0.4, -0.2) is 36.6 Å². The van der Waals surface area contributed by atoms with E-state index in [9.17, 15) is 4.79 Å². The van der Waals surface area contributed by atoms with E-state index in [1.807, 2.05) is 28.5 Å². The summed E-state index contributed by atoms with van der Waals surface area (Å²) in [4.78, 5) is 19.2. The van der Waals surface area contributed by atoms with Gasteiger partial charge in [0.05, 0.1) is 26.5 Å². The molecule has 2 rings (SSSR count). The molecule has 0 aliphatic rings. The average molecular weight is 421 g/mol. The first kappa shape index (κ1) is 23.0. The number of hydrogen-bond donors (Lipinski definition) is 0. The summed E-state index contributed by atoms with van der Waals surface area (Å²) < 4.78 is 16.7. The Labute approximate surface area is 177 Å². The lowest BCUT2D eigenvalue weighted by Crippen LogP contribution is -2.34. The molecule has 0 fully saturated rings. The average Bonchev–Trinajstić information content (AvgIpc) is 3.11. The number of benzene rings is 1. The van der Waals surface area contributed by atoms with Gasteiger partial charge in [-0.2, -0.15) is 0 Å². The first-order chi connectivity index (χ1) is 13.8. The van der Waals surface area contributed by atoms with Crippen LogP contribution in [0.3, 0.4) is 0 Å². The van der Waals surface area contributed by atoms with Gasteiger partial charge in [0.15, 0.2) is 11.5 Å². The van der Waals surface area contributed by atoms with Crippen molar-refractivity contribution in [1.29, 1.82) is 0 Å². The van der Waals surface area contributed by atoms with Crippen LogP contribution >= 0.6 is 11.3 Å². The van der Waals surface area contributed by atoms with Gasteiger partial charge in [0.1, 0.15) is 11.6 Å². The van der Waals surface area contributed by atoms with Gasteiger partial charge in [0.2, 0.25) is 11.7 Å². The molecule has 1 heterocycles. The molecule has 0 radical (unpaired) electrons. The van der Waals surface area contributed by atoms with Crippen molar-refractivity contribution in [2.24, 2.45) is 11.8 Å². The summed E-state index contributed by atoms with van der Waals surface area (Å²) in [6.07, 6.45) is 0.556. The third-order valence-electron chi connectivity index (χ3n) is 4.20. The molecule has 0 N–H and O–H groups in total. The van der Waals surface area contributed by atoms with Crippen LogP contribution in [0.2, 0.25) is 0 Å². The molecule has 2 aromatic rings. The minimum atomic E-state index is 0.179. The van der Waals surface area contributed by atoms with Gasteiger partial charge in [-0.05, 0) is 24.0 Å². The van der Waals surface area contributed by atoms with Gasteiger partial charge in [-0.15, -0.1) is 11.3 Å². The number of amides is 1. The van der Waals surface area contributed by atoms with Crippen molar-refractivity contribution in [3.63, 3.8) is 0 Å². The SMILES string of the molecule is COc1cccc(OC)c1OCc1nc(CN(CC(C)C)C(=O)CC(C)C)cs1. The van der Waals surface area contributed by atoms with E-state index in [0.29, 0.717) is 48.7 Å². The number of para-hydroxylation sites is 1. The van der Waals surface area contributed by atoms with E-state index in [4.69, 9.17) is 14.2 Å². The van der Waals surface area contributed by atoms with Gasteiger partial charge in [-0.3, -0.25) is 4.79 Å². The maximum Gasteiger partial charge on any atom is 0.223 e. The Balaban J connectivity index is 2.05. The lowest BCUT2D eigenvalue weighted by Gasteiger charge is -2.24. The number of carbonyl (C=O) groups excluding carboxylic acids is 1. The molecule has 29 heavy (non-hydrogen) atoms. The van der Waals surface area contributed by atoms with Crippen LogP contribution in [0.25, 0.3) is 0 Å². The number of nitrogens with zero attached hydrogens (tertiary/aromatic N) is 2. The van der Waals surface area contributed by atoms with E-state index in [-0.39, 0.29) is 5.91 Å². The van der Waals surface area contributed by atoms with Gasteiger partial charge in [0.25, 0.3) is 0 Å². The lowest BCUT2D eigenvalue weighted by molar-refractivity contribution is -0.133. The van der Waals surface area contributed by atoms with Gasteiger partial charge in [-0.25, -0.2) is 4.98 Å². The van der Waals surface area contributed by atoms with Crippen LogP contribution in [0, 0.1) is 11.8 Å². The van der Waals surface area contributed by atoms with E-state index < -0.39 is 0 Å². The molecule has 0 unspecified atom stereocenters. The van der Waals surface area contributed by atoms with Gasteiger partial charge in [-0.1, -0.05) is 33.8 Å². The zero-order valence-electron chi connectivity index (χ0n) is 18.2. The molecule has 0 bridgehead atoms. The second-order valence-corrected chi connectivity index (χ2v) is 8.72. The zero-order chi connectivity index (χ0) is 21.4. The van der Waals surface area contributed by atoms with Crippen LogP contribution in [0.1, 0.15) is 44.8 Å². The van der Waals surface area contributed by atoms with Crippen LogP contribution in [0.4, 0.5) is 0 Å². The highest BCUT2D eigenvalue weighted by molar-refractivity contribution is 7.09. The van der Waals surface area contributed by atoms with Crippen LogP contribution in [0.5, 0.6) is 17.2 Å². The Bertz CT molecular complexity index is 767. The van der Waals surface area contributed by atoms with Crippen LogP contribution in [-0.2, 0) is 17.9 Å². The Morgan fingerprint density at radius 2 is 1.76 bits per heavy atom. The van der Waals surface area contributed by atoms with Crippen LogP contribution in [0.15, 0.2) is 23.6 Å². The smallest absolute Gasteiger partial charge is 0.223 e. The van der Waals surface area contributed by atoms with Crippen molar-refractivity contribution in [2.75, 3.05) is 20.8 Å². The Kier molecular flexibility index (Phi) is 8.76. The first-order valence-corrected chi connectivity index (χ1v) is 10.8. The summed E-state index contributed by atoms with van der Waals surface area (Å²) in [5.74, 6) is 2.71. The predicted octanol–water partition coefficient (Wildman–Crippen LogP) is 4.77. The summed E-state index contributed by atoms with van der Waals surface area (Å²) in [5.41, 5.74) is 0.887. The summed E-state index contributed by atoms with van der Waals surface area (Å²) in [7, 11) is 3.20. The van der Waals surface area contributed by atoms with Gasteiger partial charge in [0, 0.05) is 18.3 Å². The molecule has 7 heteroatoms. The summed E-state index contributed by atoms with van der Waals surface area (Å²) in [5, 5.41) is 2.84. The van der Waals surface area contributed by atoms with E-state index in [0.717, 1.165) is 17.2 Å². The maximum atomic E-state index is 12.6. The van der Waals surface area contributed by atoms with Crippen molar-refractivity contribution in [2.45, 2.75) is 47.3 Å². The summed E-state index contributed by atoms with van der Waals surface area (Å²) >= 11 is 1.53. The third-order valence-corrected chi connectivity index (χ3v) is 5.07. The highest BCUT2D eigenvalue weighted by Crippen LogP contribution is 2.37. The molecule has 0 saturated heterocycles. The molecule has 0 aliphatic heterocycles. The molecule has 160 valence electrons. The minimum Gasteiger partial charge on any atom is -0.493 e. The molecule has 1 amide bonds. The molecule has 0 spiro atoms. The highest BCUT2D eigenvalue weighted by atomic mass is 32.1. The second kappa shape index (κ2) is 11.0. The molecule has 1 aromatic heterocycles. The van der Waals surface area contributed by atoms with Gasteiger partial charge >= 0.3 is 0 Å². The Hall–Kier alpha value is -2.28. The Morgan fingerprint density at radius 3 is 2.31 bits per heavy atom. The van der Waals surface area contributed by atoms with E-state index in [1.54, 1.807) is 14.2 Å². The fourth-order valence-electron chi connectivity index (χ4n) is 2.95. The fraction of sp³-hybridized carbons (Fsp3) is 0.545. The second-order valence-electron chi connectivity index (χ2n) is 7.78. The standard InChI is InChI=1S/C22H32N2O4S/c1-15(2)10-21(25)24(11-16(3)4)12-17-14-29-20(23-17)13-28-22-18(26-5)8-7-9-19(22)27-6/h7-9,14-16H,10-13H2,1-6H3. The van der Waals surface area contributed by atoms with E-state index in [2.05, 4.69) is 32.7 Å². The van der Waals surface area contributed by atoms with Crippen molar-refractivity contribution in [3.8, 4) is 17.2 Å².